The van der Waals surface area contributed by atoms with Crippen LogP contribution in [-0.4, -0.2) is 26.6 Å². The predicted octanol–water partition coefficient (Wildman–Crippen LogP) is 3.48. The van der Waals surface area contributed by atoms with Gasteiger partial charge in [-0.25, -0.2) is 8.42 Å². The minimum atomic E-state index is -3.26. The van der Waals surface area contributed by atoms with Crippen molar-refractivity contribution in [3.8, 4) is 0 Å². The van der Waals surface area contributed by atoms with Crippen LogP contribution in [0.4, 0.5) is 5.69 Å². The van der Waals surface area contributed by atoms with E-state index in [2.05, 4.69) is 21.2 Å². The molecule has 0 aromatic heterocycles. The van der Waals surface area contributed by atoms with Crippen molar-refractivity contribution in [3.63, 3.8) is 0 Å². The Balaban J connectivity index is 1.79. The molecule has 5 nitrogen and oxygen atoms in total. The molecule has 132 valence electrons. The van der Waals surface area contributed by atoms with Gasteiger partial charge in [-0.3, -0.25) is 9.10 Å². The minimum Gasteiger partial charge on any atom is -0.345 e. The van der Waals surface area contributed by atoms with Crippen molar-refractivity contribution in [2.75, 3.05) is 16.6 Å². The largest absolute Gasteiger partial charge is 0.345 e. The number of amides is 1. The quantitative estimate of drug-likeness (QED) is 0.819. The van der Waals surface area contributed by atoms with Gasteiger partial charge in [0.1, 0.15) is 0 Å². The van der Waals surface area contributed by atoms with Crippen molar-refractivity contribution in [2.24, 2.45) is 0 Å². The molecular formula is C18H19BrN2O3S. The van der Waals surface area contributed by atoms with Gasteiger partial charge in [0.25, 0.3) is 5.91 Å². The summed E-state index contributed by atoms with van der Waals surface area (Å²) in [5.74, 6) is -0.0793. The lowest BCUT2D eigenvalue weighted by Crippen LogP contribution is -2.28. The van der Waals surface area contributed by atoms with Gasteiger partial charge in [0, 0.05) is 16.6 Å². The minimum absolute atomic E-state index is 0.155. The third kappa shape index (κ3) is 3.88. The molecule has 2 aromatic carbocycles. The lowest BCUT2D eigenvalue weighted by Gasteiger charge is -2.19. The smallest absolute Gasteiger partial charge is 0.251 e. The summed E-state index contributed by atoms with van der Waals surface area (Å²) in [7, 11) is -3.26. The molecule has 1 saturated heterocycles. The number of anilines is 1. The average Bonchev–Trinajstić information content (AvgIpc) is 2.94. The van der Waals surface area contributed by atoms with Crippen LogP contribution in [0.3, 0.4) is 0 Å². The van der Waals surface area contributed by atoms with Crippen LogP contribution in [0.25, 0.3) is 0 Å². The normalized spacial score (nSPS) is 17.3. The number of hydrogen-bond acceptors (Lipinski definition) is 3. The summed E-state index contributed by atoms with van der Waals surface area (Å²) >= 11 is 3.49. The fourth-order valence-electron chi connectivity index (χ4n) is 2.92. The van der Waals surface area contributed by atoms with Crippen LogP contribution in [0.5, 0.6) is 0 Å². The van der Waals surface area contributed by atoms with E-state index in [0.717, 1.165) is 10.0 Å². The summed E-state index contributed by atoms with van der Waals surface area (Å²) in [6.45, 7) is 2.37. The molecule has 1 N–H and O–H groups in total. The summed E-state index contributed by atoms with van der Waals surface area (Å²) < 4.78 is 26.4. The Hall–Kier alpha value is -1.86. The lowest BCUT2D eigenvalue weighted by molar-refractivity contribution is 0.0940. The van der Waals surface area contributed by atoms with Crippen LogP contribution < -0.4 is 9.62 Å². The molecule has 1 atom stereocenters. The molecule has 7 heteroatoms. The topological polar surface area (TPSA) is 66.5 Å². The van der Waals surface area contributed by atoms with Crippen molar-refractivity contribution in [1.29, 1.82) is 0 Å². The highest BCUT2D eigenvalue weighted by Crippen LogP contribution is 2.26. The molecule has 1 amide bonds. The Morgan fingerprint density at radius 1 is 1.20 bits per heavy atom. The molecule has 0 spiro atoms. The zero-order chi connectivity index (χ0) is 18.0. The monoisotopic (exact) mass is 422 g/mol. The molecule has 25 heavy (non-hydrogen) atoms. The number of rotatable bonds is 4. The number of hydrogen-bond donors (Lipinski definition) is 1. The Morgan fingerprint density at radius 3 is 2.64 bits per heavy atom. The SMILES string of the molecule is CC(NC(=O)c1cccc(N2CCCS2(=O)=O)c1)c1ccccc1Br. The third-order valence-corrected chi connectivity index (χ3v) is 6.81. The summed E-state index contributed by atoms with van der Waals surface area (Å²) in [6.07, 6.45) is 0.609. The van der Waals surface area contributed by atoms with E-state index in [1.54, 1.807) is 24.3 Å². The standard InChI is InChI=1S/C18H19BrN2O3S/c1-13(16-8-2-3-9-17(16)19)20-18(22)14-6-4-7-15(12-14)21-10-5-11-25(21,23)24/h2-4,6-9,12-13H,5,10-11H2,1H3,(H,20,22). The van der Waals surface area contributed by atoms with Crippen LogP contribution in [0, 0.1) is 0 Å². The van der Waals surface area contributed by atoms with Gasteiger partial charge in [-0.1, -0.05) is 40.2 Å². The predicted molar refractivity (Wildman–Crippen MR) is 102 cm³/mol. The Kier molecular flexibility index (Phi) is 5.15. The fraction of sp³-hybridized carbons (Fsp3) is 0.278. The summed E-state index contributed by atoms with van der Waals surface area (Å²) in [5.41, 5.74) is 1.96. The van der Waals surface area contributed by atoms with E-state index in [0.29, 0.717) is 24.2 Å². The molecule has 1 heterocycles. The van der Waals surface area contributed by atoms with Gasteiger partial charge in [-0.15, -0.1) is 0 Å². The van der Waals surface area contributed by atoms with Gasteiger partial charge in [-0.05, 0) is 43.2 Å². The Labute approximate surface area is 156 Å². The first-order valence-corrected chi connectivity index (χ1v) is 10.4. The van der Waals surface area contributed by atoms with Crippen LogP contribution >= 0.6 is 15.9 Å². The van der Waals surface area contributed by atoms with E-state index in [1.165, 1.54) is 4.31 Å². The second kappa shape index (κ2) is 7.17. The molecular weight excluding hydrogens is 404 g/mol. The highest BCUT2D eigenvalue weighted by atomic mass is 79.9. The lowest BCUT2D eigenvalue weighted by atomic mass is 10.1. The highest BCUT2D eigenvalue weighted by Gasteiger charge is 2.28. The van der Waals surface area contributed by atoms with E-state index >= 15 is 0 Å². The first kappa shape index (κ1) is 17.9. The zero-order valence-corrected chi connectivity index (χ0v) is 16.2. The molecule has 2 aromatic rings. The Bertz CT molecular complexity index is 899. The Morgan fingerprint density at radius 2 is 1.96 bits per heavy atom. The second-order valence-corrected chi connectivity index (χ2v) is 8.88. The maximum absolute atomic E-state index is 12.6. The number of nitrogens with zero attached hydrogens (tertiary/aromatic N) is 1. The average molecular weight is 423 g/mol. The number of halogens is 1. The van der Waals surface area contributed by atoms with Crippen molar-refractivity contribution < 1.29 is 13.2 Å². The van der Waals surface area contributed by atoms with Gasteiger partial charge < -0.3 is 5.32 Å². The molecule has 1 aliphatic heterocycles. The summed E-state index contributed by atoms with van der Waals surface area (Å²) in [6, 6.07) is 14.3. The first-order valence-electron chi connectivity index (χ1n) is 8.04. The van der Waals surface area contributed by atoms with Crippen molar-refractivity contribution in [2.45, 2.75) is 19.4 Å². The molecule has 1 unspecified atom stereocenters. The molecule has 0 aliphatic carbocycles. The first-order chi connectivity index (χ1) is 11.9. The number of benzene rings is 2. The van der Waals surface area contributed by atoms with Gasteiger partial charge in [0.05, 0.1) is 17.5 Å². The number of carbonyl (C=O) groups excluding carboxylic acids is 1. The van der Waals surface area contributed by atoms with Gasteiger partial charge in [0.15, 0.2) is 0 Å². The van der Waals surface area contributed by atoms with Gasteiger partial charge in [-0.2, -0.15) is 0 Å². The van der Waals surface area contributed by atoms with Gasteiger partial charge >= 0.3 is 0 Å². The van der Waals surface area contributed by atoms with E-state index in [-0.39, 0.29) is 17.7 Å². The van der Waals surface area contributed by atoms with Crippen LogP contribution in [0.1, 0.15) is 35.3 Å². The van der Waals surface area contributed by atoms with E-state index in [4.69, 9.17) is 0 Å². The van der Waals surface area contributed by atoms with Gasteiger partial charge in [0.2, 0.25) is 10.0 Å². The van der Waals surface area contributed by atoms with Crippen LogP contribution in [0.15, 0.2) is 53.0 Å². The molecule has 1 fully saturated rings. The number of carbonyl (C=O) groups is 1. The van der Waals surface area contributed by atoms with E-state index < -0.39 is 10.0 Å². The molecule has 0 radical (unpaired) electrons. The zero-order valence-electron chi connectivity index (χ0n) is 13.8. The molecule has 1 aliphatic rings. The van der Waals surface area contributed by atoms with Crippen molar-refractivity contribution in [3.05, 3.63) is 64.1 Å². The maximum Gasteiger partial charge on any atom is 0.251 e. The summed E-state index contributed by atoms with van der Waals surface area (Å²) in [5, 5.41) is 2.95. The van der Waals surface area contributed by atoms with E-state index in [1.807, 2.05) is 31.2 Å². The maximum atomic E-state index is 12.6. The van der Waals surface area contributed by atoms with Crippen molar-refractivity contribution >= 4 is 37.5 Å². The molecule has 3 rings (SSSR count). The fourth-order valence-corrected chi connectivity index (χ4v) is 5.10. The van der Waals surface area contributed by atoms with E-state index in [9.17, 15) is 13.2 Å². The molecule has 0 bridgehead atoms. The third-order valence-electron chi connectivity index (χ3n) is 4.21. The van der Waals surface area contributed by atoms with Crippen LogP contribution in [0.2, 0.25) is 0 Å². The number of nitrogens with one attached hydrogen (secondary N) is 1. The molecule has 0 saturated carbocycles. The van der Waals surface area contributed by atoms with Crippen LogP contribution in [-0.2, 0) is 10.0 Å². The number of sulfonamides is 1. The van der Waals surface area contributed by atoms with Crippen molar-refractivity contribution in [1.82, 2.24) is 5.32 Å². The summed E-state index contributed by atoms with van der Waals surface area (Å²) in [4.78, 5) is 12.6. The second-order valence-electron chi connectivity index (χ2n) is 6.01. The highest BCUT2D eigenvalue weighted by molar-refractivity contribution is 9.10.